The fourth-order valence-electron chi connectivity index (χ4n) is 2.69. The van der Waals surface area contributed by atoms with E-state index < -0.39 is 0 Å². The van der Waals surface area contributed by atoms with Crippen LogP contribution in [0.1, 0.15) is 25.0 Å². The molecule has 80 valence electrons. The molecule has 0 bridgehead atoms. The van der Waals surface area contributed by atoms with Gasteiger partial charge in [-0.05, 0) is 0 Å². The van der Waals surface area contributed by atoms with Gasteiger partial charge >= 0.3 is 110 Å². The zero-order valence-corrected chi connectivity index (χ0v) is 12.0. The molecule has 0 saturated carbocycles. The summed E-state index contributed by atoms with van der Waals surface area (Å²) in [5.41, 5.74) is 5.92. The van der Waals surface area contributed by atoms with Gasteiger partial charge in [0.15, 0.2) is 0 Å². The van der Waals surface area contributed by atoms with E-state index in [1.165, 1.54) is 25.9 Å². The van der Waals surface area contributed by atoms with Gasteiger partial charge in [0.05, 0.1) is 0 Å². The number of hydrogen-bond donors (Lipinski definition) is 0. The Bertz CT molecular complexity index is 567. The van der Waals surface area contributed by atoms with Gasteiger partial charge in [-0.2, -0.15) is 0 Å². The molecule has 2 aromatic carbocycles. The molecule has 0 unspecified atom stereocenters. The van der Waals surface area contributed by atoms with Crippen LogP contribution in [0, 0.1) is 0 Å². The van der Waals surface area contributed by atoms with Gasteiger partial charge in [0.2, 0.25) is 0 Å². The summed E-state index contributed by atoms with van der Waals surface area (Å²) in [6.07, 6.45) is 0. The van der Waals surface area contributed by atoms with Gasteiger partial charge in [-0.15, -0.1) is 0 Å². The van der Waals surface area contributed by atoms with Crippen LogP contribution in [-0.2, 0) is 5.41 Å². The van der Waals surface area contributed by atoms with Crippen LogP contribution in [0.5, 0.6) is 0 Å². The Hall–Kier alpha value is -0.770. The standard InChI is InChI=1S/C15H14Te/c1-15(2)13-6-4-3-5-11(13)12-8-7-10(16)9-14(12)15/h3-9,16H,1-2H3. The molecule has 1 aliphatic carbocycles. The van der Waals surface area contributed by atoms with Crippen molar-refractivity contribution < 1.29 is 0 Å². The third kappa shape index (κ3) is 1.29. The van der Waals surface area contributed by atoms with Gasteiger partial charge in [0, 0.05) is 0 Å². The van der Waals surface area contributed by atoms with Crippen molar-refractivity contribution in [1.29, 1.82) is 0 Å². The van der Waals surface area contributed by atoms with E-state index in [4.69, 9.17) is 0 Å². The third-order valence-corrected chi connectivity index (χ3v) is 4.36. The summed E-state index contributed by atoms with van der Waals surface area (Å²) in [5.74, 6) is 0. The molecule has 0 saturated heterocycles. The number of hydrogen-bond acceptors (Lipinski definition) is 0. The number of rotatable bonds is 0. The maximum absolute atomic E-state index is 2.35. The van der Waals surface area contributed by atoms with E-state index in [2.05, 4.69) is 56.3 Å². The van der Waals surface area contributed by atoms with Crippen molar-refractivity contribution in [2.45, 2.75) is 19.3 Å². The Morgan fingerprint density at radius 3 is 2.38 bits per heavy atom. The molecule has 0 fully saturated rings. The Morgan fingerprint density at radius 1 is 0.875 bits per heavy atom. The van der Waals surface area contributed by atoms with Crippen LogP contribution in [0.4, 0.5) is 0 Å². The van der Waals surface area contributed by atoms with Crippen LogP contribution >= 0.6 is 0 Å². The second-order valence-electron chi connectivity index (χ2n) is 4.90. The molecule has 1 aliphatic rings. The minimum absolute atomic E-state index is 0.159. The molecule has 3 rings (SSSR count). The molecule has 0 amide bonds. The van der Waals surface area contributed by atoms with E-state index in [0.717, 1.165) is 0 Å². The molecule has 0 aliphatic heterocycles. The van der Waals surface area contributed by atoms with E-state index in [1.54, 1.807) is 22.3 Å². The molecule has 0 N–H and O–H groups in total. The van der Waals surface area contributed by atoms with Gasteiger partial charge in [-0.1, -0.05) is 0 Å². The maximum atomic E-state index is 2.35. The van der Waals surface area contributed by atoms with E-state index in [0.29, 0.717) is 0 Å². The van der Waals surface area contributed by atoms with Crippen molar-refractivity contribution in [1.82, 2.24) is 0 Å². The first-order valence-corrected chi connectivity index (χ1v) is 6.82. The van der Waals surface area contributed by atoms with Crippen LogP contribution in [0.3, 0.4) is 0 Å². The molecule has 0 atom stereocenters. The van der Waals surface area contributed by atoms with Gasteiger partial charge < -0.3 is 0 Å². The molecule has 16 heavy (non-hydrogen) atoms. The summed E-state index contributed by atoms with van der Waals surface area (Å²) in [6.45, 7) is 4.64. The van der Waals surface area contributed by atoms with Crippen molar-refractivity contribution in [2.75, 3.05) is 0 Å². The Labute approximate surface area is 110 Å². The SMILES string of the molecule is CC1(C)c2ccccc2-c2ccc([TeH])cc21. The Morgan fingerprint density at radius 2 is 1.56 bits per heavy atom. The first kappa shape index (κ1) is 10.4. The fourth-order valence-corrected chi connectivity index (χ4v) is 3.27. The van der Waals surface area contributed by atoms with Crippen LogP contribution in [0.2, 0.25) is 0 Å². The molecular formula is C15H14Te. The number of fused-ring (bicyclic) bond motifs is 3. The minimum atomic E-state index is 0.159. The average molecular weight is 322 g/mol. The molecule has 0 nitrogen and oxygen atoms in total. The van der Waals surface area contributed by atoms with Crippen molar-refractivity contribution in [3.63, 3.8) is 0 Å². The summed E-state index contributed by atoms with van der Waals surface area (Å²) in [5, 5.41) is 0. The molecule has 1 heteroatoms. The molecule has 0 heterocycles. The molecule has 2 aromatic rings. The first-order chi connectivity index (χ1) is 7.60. The summed E-state index contributed by atoms with van der Waals surface area (Å²) in [4.78, 5) is 0. The molecular weight excluding hydrogens is 308 g/mol. The normalized spacial score (nSPS) is 15.7. The van der Waals surface area contributed by atoms with E-state index in [1.807, 2.05) is 0 Å². The van der Waals surface area contributed by atoms with E-state index >= 15 is 0 Å². The summed E-state index contributed by atoms with van der Waals surface area (Å²) in [7, 11) is 0. The summed E-state index contributed by atoms with van der Waals surface area (Å²) in [6, 6.07) is 15.6. The van der Waals surface area contributed by atoms with Gasteiger partial charge in [0.25, 0.3) is 0 Å². The zero-order chi connectivity index (χ0) is 11.3. The van der Waals surface area contributed by atoms with Gasteiger partial charge in [-0.3, -0.25) is 0 Å². The van der Waals surface area contributed by atoms with Crippen molar-refractivity contribution in [3.8, 4) is 11.1 Å². The van der Waals surface area contributed by atoms with Crippen molar-refractivity contribution in [2.24, 2.45) is 0 Å². The van der Waals surface area contributed by atoms with Crippen LogP contribution in [0.25, 0.3) is 11.1 Å². The monoisotopic (exact) mass is 324 g/mol. The Balaban J connectivity index is 2.39. The molecule has 0 spiro atoms. The van der Waals surface area contributed by atoms with Crippen LogP contribution < -0.4 is 3.61 Å². The van der Waals surface area contributed by atoms with E-state index in [9.17, 15) is 0 Å². The van der Waals surface area contributed by atoms with Gasteiger partial charge in [0.1, 0.15) is 0 Å². The fraction of sp³-hybridized carbons (Fsp3) is 0.200. The van der Waals surface area contributed by atoms with E-state index in [-0.39, 0.29) is 5.41 Å². The summed E-state index contributed by atoms with van der Waals surface area (Å²) < 4.78 is 1.40. The molecule has 0 aromatic heterocycles. The van der Waals surface area contributed by atoms with Gasteiger partial charge in [-0.25, -0.2) is 0 Å². The molecule has 0 radical (unpaired) electrons. The topological polar surface area (TPSA) is 0 Å². The Kier molecular flexibility index (Phi) is 2.18. The average Bonchev–Trinajstić information content (AvgIpc) is 2.49. The predicted molar refractivity (Wildman–Crippen MR) is 70.8 cm³/mol. The third-order valence-electron chi connectivity index (χ3n) is 3.57. The first-order valence-electron chi connectivity index (χ1n) is 5.54. The predicted octanol–water partition coefficient (Wildman–Crippen LogP) is 2.52. The van der Waals surface area contributed by atoms with Crippen molar-refractivity contribution in [3.05, 3.63) is 53.6 Å². The zero-order valence-electron chi connectivity index (χ0n) is 9.49. The quantitative estimate of drug-likeness (QED) is 0.654. The van der Waals surface area contributed by atoms with Crippen LogP contribution in [-0.4, -0.2) is 22.3 Å². The van der Waals surface area contributed by atoms with Crippen molar-refractivity contribution >= 4 is 25.9 Å². The summed E-state index contributed by atoms with van der Waals surface area (Å²) >= 11 is 1.79. The number of benzene rings is 2. The second-order valence-corrected chi connectivity index (χ2v) is 6.37. The second kappa shape index (κ2) is 3.36. The van der Waals surface area contributed by atoms with Crippen LogP contribution in [0.15, 0.2) is 42.5 Å².